The van der Waals surface area contributed by atoms with E-state index in [1.807, 2.05) is 0 Å². The van der Waals surface area contributed by atoms with Crippen molar-refractivity contribution < 1.29 is 0 Å². The summed E-state index contributed by atoms with van der Waals surface area (Å²) < 4.78 is 0. The lowest BCUT2D eigenvalue weighted by atomic mass is 10.0. The summed E-state index contributed by atoms with van der Waals surface area (Å²) in [6.45, 7) is 4.21. The molecule has 0 spiro atoms. The second-order valence-corrected chi connectivity index (χ2v) is 4.12. The Morgan fingerprint density at radius 3 is 2.19 bits per heavy atom. The first-order valence-electron chi connectivity index (χ1n) is 5.56. The van der Waals surface area contributed by atoms with Gasteiger partial charge in [0.05, 0.1) is 0 Å². The Kier molecular flexibility index (Phi) is 3.21. The number of aryl methyl sites for hydroxylation is 1. The van der Waals surface area contributed by atoms with Crippen molar-refractivity contribution in [3.8, 4) is 0 Å². The second kappa shape index (κ2) is 4.80. The zero-order valence-corrected chi connectivity index (χ0v) is 9.77. The number of rotatable bonds is 1. The molecule has 0 saturated carbocycles. The molecule has 1 aromatic carbocycles. The fourth-order valence-electron chi connectivity index (χ4n) is 1.66. The Morgan fingerprint density at radius 2 is 1.44 bits per heavy atom. The third-order valence-electron chi connectivity index (χ3n) is 2.65. The van der Waals surface area contributed by atoms with Gasteiger partial charge in [-0.1, -0.05) is 71.9 Å². The summed E-state index contributed by atoms with van der Waals surface area (Å²) in [6.07, 6.45) is 12.7. The minimum absolute atomic E-state index is 1.25. The van der Waals surface area contributed by atoms with Crippen LogP contribution >= 0.6 is 0 Å². The van der Waals surface area contributed by atoms with E-state index in [2.05, 4.69) is 74.6 Å². The molecule has 0 radical (unpaired) electrons. The average Bonchev–Trinajstić information content (AvgIpc) is 2.25. The molecule has 80 valence electrons. The first-order valence-corrected chi connectivity index (χ1v) is 5.56. The van der Waals surface area contributed by atoms with Crippen LogP contribution < -0.4 is 0 Å². The van der Waals surface area contributed by atoms with E-state index in [1.54, 1.807) is 0 Å². The molecule has 2 rings (SSSR count). The molecular weight excluding hydrogens is 192 g/mol. The van der Waals surface area contributed by atoms with E-state index in [0.29, 0.717) is 0 Å². The Balaban J connectivity index is 2.32. The molecular formula is C16H16. The first kappa shape index (κ1) is 10.7. The van der Waals surface area contributed by atoms with Gasteiger partial charge in [-0.3, -0.25) is 0 Å². The lowest BCUT2D eigenvalue weighted by molar-refractivity contribution is 1.45. The molecule has 0 bridgehead atoms. The van der Waals surface area contributed by atoms with Gasteiger partial charge in [0.25, 0.3) is 0 Å². The van der Waals surface area contributed by atoms with E-state index in [-0.39, 0.29) is 0 Å². The van der Waals surface area contributed by atoms with Crippen LogP contribution in [0.3, 0.4) is 0 Å². The quantitative estimate of drug-likeness (QED) is 0.639. The first-order chi connectivity index (χ1) is 7.75. The largest absolute Gasteiger partial charge is 0.0614 e. The van der Waals surface area contributed by atoms with E-state index in [9.17, 15) is 0 Å². The normalized spacial score (nSPS) is 25.6. The third kappa shape index (κ3) is 2.60. The molecule has 0 aromatic heterocycles. The maximum atomic E-state index is 2.16. The smallest absolute Gasteiger partial charge is 0.0184 e. The molecule has 0 unspecified atom stereocenters. The molecule has 1 aliphatic carbocycles. The Morgan fingerprint density at radius 1 is 0.750 bits per heavy atom. The molecule has 0 aliphatic heterocycles. The predicted molar refractivity (Wildman–Crippen MR) is 71.2 cm³/mol. The van der Waals surface area contributed by atoms with Gasteiger partial charge in [-0.2, -0.15) is 0 Å². The van der Waals surface area contributed by atoms with Crippen LogP contribution in [0.4, 0.5) is 0 Å². The molecule has 0 saturated heterocycles. The van der Waals surface area contributed by atoms with Crippen molar-refractivity contribution in [2.75, 3.05) is 0 Å². The number of hydrogen-bond donors (Lipinski definition) is 0. The van der Waals surface area contributed by atoms with E-state index in [0.717, 1.165) is 0 Å². The van der Waals surface area contributed by atoms with Crippen LogP contribution in [0.5, 0.6) is 0 Å². The highest BCUT2D eigenvalue weighted by Crippen LogP contribution is 2.18. The van der Waals surface area contributed by atoms with Crippen LogP contribution in [0.1, 0.15) is 18.1 Å². The predicted octanol–water partition coefficient (Wildman–Crippen LogP) is 4.45. The summed E-state index contributed by atoms with van der Waals surface area (Å²) in [5.74, 6) is 0. The van der Waals surface area contributed by atoms with Crippen molar-refractivity contribution in [2.24, 2.45) is 0 Å². The van der Waals surface area contributed by atoms with E-state index >= 15 is 0 Å². The highest BCUT2D eigenvalue weighted by molar-refractivity contribution is 5.76. The van der Waals surface area contributed by atoms with E-state index in [1.165, 1.54) is 22.3 Å². The van der Waals surface area contributed by atoms with Crippen molar-refractivity contribution in [3.05, 3.63) is 77.4 Å². The fourth-order valence-corrected chi connectivity index (χ4v) is 1.66. The zero-order valence-electron chi connectivity index (χ0n) is 9.77. The molecule has 0 heterocycles. The molecule has 1 aromatic rings. The Bertz CT molecular complexity index is 479. The van der Waals surface area contributed by atoms with Gasteiger partial charge in [-0.25, -0.2) is 0 Å². The standard InChI is InChI=1S/C16H16/c1-13-5-3-7-15(8-4-6-13)16-11-9-14(2)10-12-16/h3-12H,1-2H3/b5-3+,6-4?,7-3?,8-4+,13-5?,13-6-,15-7+,15-8?. The SMILES string of the molecule is CC1=C/C=C/C(c2ccc(C)cc2)=C\C=C\1. The van der Waals surface area contributed by atoms with Crippen molar-refractivity contribution >= 4 is 5.57 Å². The Labute approximate surface area is 97.3 Å². The minimum Gasteiger partial charge on any atom is -0.0614 e. The second-order valence-electron chi connectivity index (χ2n) is 4.12. The molecule has 0 fully saturated rings. The van der Waals surface area contributed by atoms with Gasteiger partial charge in [-0.15, -0.1) is 0 Å². The topological polar surface area (TPSA) is 0 Å². The van der Waals surface area contributed by atoms with E-state index < -0.39 is 0 Å². The van der Waals surface area contributed by atoms with Crippen LogP contribution in [-0.2, 0) is 0 Å². The fraction of sp³-hybridized carbons (Fsp3) is 0.125. The lowest BCUT2D eigenvalue weighted by Crippen LogP contribution is -1.82. The Hall–Kier alpha value is -1.82. The van der Waals surface area contributed by atoms with Gasteiger partial charge >= 0.3 is 0 Å². The van der Waals surface area contributed by atoms with Gasteiger partial charge in [0.2, 0.25) is 0 Å². The molecule has 0 N–H and O–H groups in total. The highest BCUT2D eigenvalue weighted by Gasteiger charge is 1.97. The van der Waals surface area contributed by atoms with Crippen molar-refractivity contribution in [1.82, 2.24) is 0 Å². The van der Waals surface area contributed by atoms with Crippen molar-refractivity contribution in [1.29, 1.82) is 0 Å². The molecule has 0 atom stereocenters. The van der Waals surface area contributed by atoms with Crippen LogP contribution in [0, 0.1) is 6.92 Å². The summed E-state index contributed by atoms with van der Waals surface area (Å²) in [5.41, 5.74) is 5.08. The maximum absolute atomic E-state index is 2.16. The zero-order chi connectivity index (χ0) is 11.4. The van der Waals surface area contributed by atoms with Crippen molar-refractivity contribution in [2.45, 2.75) is 13.8 Å². The highest BCUT2D eigenvalue weighted by atomic mass is 14.0. The van der Waals surface area contributed by atoms with Gasteiger partial charge < -0.3 is 0 Å². The summed E-state index contributed by atoms with van der Waals surface area (Å²) in [5, 5.41) is 0. The van der Waals surface area contributed by atoms with Gasteiger partial charge in [0.1, 0.15) is 0 Å². The summed E-state index contributed by atoms with van der Waals surface area (Å²) in [6, 6.07) is 8.62. The van der Waals surface area contributed by atoms with Crippen LogP contribution in [-0.4, -0.2) is 0 Å². The minimum atomic E-state index is 1.25. The van der Waals surface area contributed by atoms with Crippen LogP contribution in [0.25, 0.3) is 5.57 Å². The molecule has 0 amide bonds. The van der Waals surface area contributed by atoms with Gasteiger partial charge in [0, 0.05) is 0 Å². The maximum Gasteiger partial charge on any atom is -0.0184 e. The molecule has 0 heteroatoms. The van der Waals surface area contributed by atoms with E-state index in [4.69, 9.17) is 0 Å². The molecule has 1 aliphatic rings. The third-order valence-corrected chi connectivity index (χ3v) is 2.65. The summed E-state index contributed by atoms with van der Waals surface area (Å²) >= 11 is 0. The van der Waals surface area contributed by atoms with Gasteiger partial charge in [-0.05, 0) is 25.0 Å². The molecule has 16 heavy (non-hydrogen) atoms. The molecule has 0 nitrogen and oxygen atoms in total. The monoisotopic (exact) mass is 208 g/mol. The number of allylic oxidation sites excluding steroid dienone is 8. The van der Waals surface area contributed by atoms with Crippen LogP contribution in [0.15, 0.2) is 66.3 Å². The van der Waals surface area contributed by atoms with Crippen molar-refractivity contribution in [3.63, 3.8) is 0 Å². The number of hydrogen-bond acceptors (Lipinski definition) is 0. The summed E-state index contributed by atoms with van der Waals surface area (Å²) in [7, 11) is 0. The number of benzene rings is 1. The summed E-state index contributed by atoms with van der Waals surface area (Å²) in [4.78, 5) is 0. The average molecular weight is 208 g/mol. The van der Waals surface area contributed by atoms with Gasteiger partial charge in [0.15, 0.2) is 0 Å². The van der Waals surface area contributed by atoms with Crippen LogP contribution in [0.2, 0.25) is 0 Å². The lowest BCUT2D eigenvalue weighted by Gasteiger charge is -2.03.